The summed E-state index contributed by atoms with van der Waals surface area (Å²) in [5.41, 5.74) is 2.81. The molecule has 34 heavy (non-hydrogen) atoms. The third-order valence-electron chi connectivity index (χ3n) is 6.91. The van der Waals surface area contributed by atoms with Gasteiger partial charge in [0, 0.05) is 28.9 Å². The molecule has 1 fully saturated rings. The van der Waals surface area contributed by atoms with Crippen LogP contribution in [0, 0.1) is 12.3 Å². The fourth-order valence-corrected chi connectivity index (χ4v) is 6.09. The Morgan fingerprint density at radius 2 is 2.03 bits per heavy atom. The van der Waals surface area contributed by atoms with Crippen molar-refractivity contribution in [3.63, 3.8) is 0 Å². The van der Waals surface area contributed by atoms with E-state index in [0.29, 0.717) is 18.8 Å². The Morgan fingerprint density at radius 3 is 2.79 bits per heavy atom. The third kappa shape index (κ3) is 4.60. The summed E-state index contributed by atoms with van der Waals surface area (Å²) in [4.78, 5) is 32.9. The Hall–Kier alpha value is -2.74. The molecule has 0 aliphatic carbocycles. The number of hydrogen-bond acceptors (Lipinski definition) is 5. The molecule has 2 aliphatic rings. The summed E-state index contributed by atoms with van der Waals surface area (Å²) in [5.74, 6) is 0.679. The topological polar surface area (TPSA) is 74.3 Å². The molecule has 2 aromatic heterocycles. The van der Waals surface area contributed by atoms with Gasteiger partial charge in [-0.2, -0.15) is 0 Å². The molecule has 4 heterocycles. The van der Waals surface area contributed by atoms with E-state index in [1.54, 1.807) is 28.5 Å². The van der Waals surface area contributed by atoms with Crippen LogP contribution in [0.2, 0.25) is 0 Å². The van der Waals surface area contributed by atoms with E-state index in [9.17, 15) is 9.59 Å². The number of nitrogens with zero attached hydrogens (tertiary/aromatic N) is 2. The van der Waals surface area contributed by atoms with Gasteiger partial charge in [0.25, 0.3) is 0 Å². The second-order valence-corrected chi connectivity index (χ2v) is 10.2. The summed E-state index contributed by atoms with van der Waals surface area (Å²) in [6.07, 6.45) is 7.49. The predicted molar refractivity (Wildman–Crippen MR) is 140 cm³/mol. The van der Waals surface area contributed by atoms with Crippen LogP contribution in [0.1, 0.15) is 34.4 Å². The summed E-state index contributed by atoms with van der Waals surface area (Å²) >= 11 is 1.74. The van der Waals surface area contributed by atoms with Gasteiger partial charge in [-0.05, 0) is 79.6 Å². The molecule has 1 saturated heterocycles. The molecular weight excluding hydrogens is 468 g/mol. The van der Waals surface area contributed by atoms with Gasteiger partial charge < -0.3 is 15.5 Å². The smallest absolute Gasteiger partial charge is 0.246 e. The standard InChI is InChI=1S/C26H28N4O2S.ClH/c1-17-20-5-3-4-6-21(20)33-22(17)16-30(2)23(31)8-7-18-13-19-14-26(9-11-27-12-10-26)25(32)29-24(19)28-15-18;/h3-8,13,15,27H,9-12,14,16H2,1-2H3,(H,28,29,32);1H/b8-7+;. The quantitative estimate of drug-likeness (QED) is 0.519. The highest BCUT2D eigenvalue weighted by Crippen LogP contribution is 2.39. The zero-order valence-corrected chi connectivity index (χ0v) is 21.0. The van der Waals surface area contributed by atoms with E-state index in [-0.39, 0.29) is 29.6 Å². The van der Waals surface area contributed by atoms with Crippen LogP contribution in [0.5, 0.6) is 0 Å². The average molecular weight is 497 g/mol. The van der Waals surface area contributed by atoms with Crippen molar-refractivity contribution in [1.82, 2.24) is 15.2 Å². The van der Waals surface area contributed by atoms with E-state index in [0.717, 1.165) is 37.1 Å². The van der Waals surface area contributed by atoms with Crippen LogP contribution < -0.4 is 10.6 Å². The van der Waals surface area contributed by atoms with Crippen LogP contribution >= 0.6 is 23.7 Å². The summed E-state index contributed by atoms with van der Waals surface area (Å²) in [6.45, 7) is 4.42. The minimum absolute atomic E-state index is 0. The van der Waals surface area contributed by atoms with E-state index >= 15 is 0 Å². The number of carbonyl (C=O) groups excluding carboxylic acids is 2. The number of rotatable bonds is 4. The van der Waals surface area contributed by atoms with Gasteiger partial charge in [0.05, 0.1) is 12.0 Å². The van der Waals surface area contributed by atoms with Crippen LogP contribution in [-0.4, -0.2) is 41.8 Å². The number of carbonyl (C=O) groups is 2. The van der Waals surface area contributed by atoms with Crippen LogP contribution in [0.4, 0.5) is 5.82 Å². The fourth-order valence-electron chi connectivity index (χ4n) is 4.83. The van der Waals surface area contributed by atoms with Crippen LogP contribution in [-0.2, 0) is 22.6 Å². The molecule has 2 N–H and O–H groups in total. The molecule has 2 aliphatic heterocycles. The Labute approximate surface area is 209 Å². The van der Waals surface area contributed by atoms with Crippen molar-refractivity contribution >= 4 is 57.5 Å². The van der Waals surface area contributed by atoms with Gasteiger partial charge in [0.1, 0.15) is 5.82 Å². The maximum absolute atomic E-state index is 12.8. The molecule has 1 spiro atoms. The number of piperidine rings is 1. The molecule has 8 heteroatoms. The lowest BCUT2D eigenvalue weighted by molar-refractivity contribution is -0.127. The largest absolute Gasteiger partial charge is 0.337 e. The van der Waals surface area contributed by atoms with Crippen molar-refractivity contribution < 1.29 is 9.59 Å². The lowest BCUT2D eigenvalue weighted by Gasteiger charge is -2.39. The SMILES string of the molecule is Cc1c(CN(C)C(=O)/C=C/c2cnc3c(c2)CC2(CCNCC2)C(=O)N3)sc2ccccc12.Cl. The monoisotopic (exact) mass is 496 g/mol. The molecule has 2 amide bonds. The first-order valence-corrected chi connectivity index (χ1v) is 12.2. The van der Waals surface area contributed by atoms with E-state index in [1.165, 1.54) is 20.5 Å². The number of anilines is 1. The number of amides is 2. The Morgan fingerprint density at radius 1 is 1.26 bits per heavy atom. The first-order valence-electron chi connectivity index (χ1n) is 11.4. The first kappa shape index (κ1) is 24.4. The number of fused-ring (bicyclic) bond motifs is 2. The number of nitrogens with one attached hydrogen (secondary N) is 2. The van der Waals surface area contributed by atoms with Crippen LogP contribution in [0.25, 0.3) is 16.2 Å². The Bertz CT molecular complexity index is 1260. The number of aromatic nitrogens is 1. The number of hydrogen-bond donors (Lipinski definition) is 2. The Balaban J connectivity index is 0.00000274. The summed E-state index contributed by atoms with van der Waals surface area (Å²) in [6, 6.07) is 10.4. The summed E-state index contributed by atoms with van der Waals surface area (Å²) < 4.78 is 1.25. The minimum Gasteiger partial charge on any atom is -0.337 e. The normalized spacial score (nSPS) is 16.8. The van der Waals surface area contributed by atoms with Gasteiger partial charge in [0.2, 0.25) is 11.8 Å². The van der Waals surface area contributed by atoms with Crippen molar-refractivity contribution in [1.29, 1.82) is 0 Å². The molecule has 0 bridgehead atoms. The summed E-state index contributed by atoms with van der Waals surface area (Å²) in [7, 11) is 1.83. The fraction of sp³-hybridized carbons (Fsp3) is 0.346. The Kier molecular flexibility index (Phi) is 7.07. The summed E-state index contributed by atoms with van der Waals surface area (Å²) in [5, 5.41) is 7.59. The molecule has 0 radical (unpaired) electrons. The molecule has 0 atom stereocenters. The molecule has 0 unspecified atom stereocenters. The average Bonchev–Trinajstić information content (AvgIpc) is 3.14. The van der Waals surface area contributed by atoms with Gasteiger partial charge in [-0.15, -0.1) is 23.7 Å². The van der Waals surface area contributed by atoms with Gasteiger partial charge in [-0.1, -0.05) is 18.2 Å². The lowest BCUT2D eigenvalue weighted by atomic mass is 9.71. The highest BCUT2D eigenvalue weighted by Gasteiger charge is 2.43. The number of halogens is 1. The second-order valence-electron chi connectivity index (χ2n) is 9.11. The third-order valence-corrected chi connectivity index (χ3v) is 8.17. The van der Waals surface area contributed by atoms with E-state index in [1.807, 2.05) is 25.3 Å². The van der Waals surface area contributed by atoms with Gasteiger partial charge in [0.15, 0.2) is 0 Å². The van der Waals surface area contributed by atoms with Crippen LogP contribution in [0.15, 0.2) is 42.6 Å². The maximum atomic E-state index is 12.8. The first-order chi connectivity index (χ1) is 15.9. The van der Waals surface area contributed by atoms with Gasteiger partial charge >= 0.3 is 0 Å². The molecule has 0 saturated carbocycles. The molecule has 6 nitrogen and oxygen atoms in total. The predicted octanol–water partition coefficient (Wildman–Crippen LogP) is 4.56. The minimum atomic E-state index is -0.347. The number of pyridine rings is 1. The van der Waals surface area contributed by atoms with Crippen molar-refractivity contribution in [3.05, 3.63) is 64.2 Å². The highest BCUT2D eigenvalue weighted by atomic mass is 35.5. The van der Waals surface area contributed by atoms with E-state index < -0.39 is 0 Å². The molecule has 5 rings (SSSR count). The highest BCUT2D eigenvalue weighted by molar-refractivity contribution is 7.19. The number of thiophene rings is 1. The molecule has 1 aromatic carbocycles. The number of benzene rings is 1. The van der Waals surface area contributed by atoms with E-state index in [2.05, 4.69) is 40.7 Å². The van der Waals surface area contributed by atoms with Crippen molar-refractivity contribution in [2.75, 3.05) is 25.5 Å². The maximum Gasteiger partial charge on any atom is 0.246 e. The number of aryl methyl sites for hydroxylation is 1. The van der Waals surface area contributed by atoms with Crippen molar-refractivity contribution in [2.24, 2.45) is 5.41 Å². The zero-order chi connectivity index (χ0) is 23.0. The second kappa shape index (κ2) is 9.86. The van der Waals surface area contributed by atoms with Crippen molar-refractivity contribution in [2.45, 2.75) is 32.7 Å². The van der Waals surface area contributed by atoms with Crippen molar-refractivity contribution in [3.8, 4) is 0 Å². The number of likely N-dealkylation sites (N-methyl/N-ethyl adjacent to an activating group) is 1. The van der Waals surface area contributed by atoms with Gasteiger partial charge in [-0.3, -0.25) is 9.59 Å². The van der Waals surface area contributed by atoms with E-state index in [4.69, 9.17) is 0 Å². The molecule has 178 valence electrons. The van der Waals surface area contributed by atoms with Gasteiger partial charge in [-0.25, -0.2) is 4.98 Å². The molecule has 3 aromatic rings. The zero-order valence-electron chi connectivity index (χ0n) is 19.4. The lowest BCUT2D eigenvalue weighted by Crippen LogP contribution is -2.48. The molecular formula is C26H29ClN4O2S. The van der Waals surface area contributed by atoms with Crippen LogP contribution in [0.3, 0.4) is 0 Å².